The number of anilines is 1. The molecule has 1 N–H and O–H groups in total. The molecule has 0 aliphatic carbocycles. The molecule has 1 aromatic rings. The fraction of sp³-hybridized carbons (Fsp3) is 0.545. The predicted molar refractivity (Wildman–Crippen MR) is 62.5 cm³/mol. The Bertz CT molecular complexity index is 499. The fourth-order valence-corrected chi connectivity index (χ4v) is 2.18. The lowest BCUT2D eigenvalue weighted by Crippen LogP contribution is -2.54. The van der Waals surface area contributed by atoms with Crippen LogP contribution in [0.1, 0.15) is 18.2 Å². The molecule has 1 fully saturated rings. The lowest BCUT2D eigenvalue weighted by atomic mass is 10.1. The third-order valence-electron chi connectivity index (χ3n) is 3.07. The van der Waals surface area contributed by atoms with Gasteiger partial charge in [0.1, 0.15) is 23.5 Å². The van der Waals surface area contributed by atoms with E-state index in [1.165, 1.54) is 0 Å². The van der Waals surface area contributed by atoms with Crippen LogP contribution >= 0.6 is 0 Å². The minimum Gasteiger partial charge on any atom is -0.353 e. The Morgan fingerprint density at radius 1 is 1.59 bits per heavy atom. The van der Waals surface area contributed by atoms with Crippen LogP contribution in [0.4, 0.5) is 5.82 Å². The van der Waals surface area contributed by atoms with Gasteiger partial charge < -0.3 is 10.2 Å². The average Bonchev–Trinajstić information content (AvgIpc) is 2.57. The molecule has 1 aliphatic rings. The Morgan fingerprint density at radius 2 is 2.29 bits per heavy atom. The molecule has 6 heteroatoms. The first-order chi connectivity index (χ1) is 8.06. The first-order valence-corrected chi connectivity index (χ1v) is 5.54. The third kappa shape index (κ3) is 1.73. The van der Waals surface area contributed by atoms with Crippen molar-refractivity contribution in [3.63, 3.8) is 0 Å². The van der Waals surface area contributed by atoms with Gasteiger partial charge in [-0.05, 0) is 13.8 Å². The summed E-state index contributed by atoms with van der Waals surface area (Å²) in [5.74, 6) is 0.714. The second-order valence-corrected chi connectivity index (χ2v) is 4.18. The number of carbonyl (C=O) groups is 1. The summed E-state index contributed by atoms with van der Waals surface area (Å²) >= 11 is 0. The van der Waals surface area contributed by atoms with Crippen LogP contribution in [-0.4, -0.2) is 34.8 Å². The van der Waals surface area contributed by atoms with Crippen LogP contribution in [0.15, 0.2) is 0 Å². The third-order valence-corrected chi connectivity index (χ3v) is 3.07. The average molecular weight is 233 g/mol. The van der Waals surface area contributed by atoms with Crippen molar-refractivity contribution in [2.75, 3.05) is 18.0 Å². The molecule has 1 aromatic heterocycles. The highest BCUT2D eigenvalue weighted by Crippen LogP contribution is 2.24. The van der Waals surface area contributed by atoms with Gasteiger partial charge in [-0.1, -0.05) is 0 Å². The van der Waals surface area contributed by atoms with E-state index in [2.05, 4.69) is 16.5 Å². The maximum atomic E-state index is 11.6. The summed E-state index contributed by atoms with van der Waals surface area (Å²) in [6, 6.07) is 1.89. The molecule has 1 aliphatic heterocycles. The van der Waals surface area contributed by atoms with Crippen LogP contribution < -0.4 is 10.2 Å². The smallest absolute Gasteiger partial charge is 0.242 e. The zero-order valence-electron chi connectivity index (χ0n) is 10.2. The second kappa shape index (κ2) is 4.09. The van der Waals surface area contributed by atoms with Crippen molar-refractivity contribution in [1.82, 2.24) is 15.1 Å². The van der Waals surface area contributed by atoms with Gasteiger partial charge in [0.25, 0.3) is 0 Å². The van der Waals surface area contributed by atoms with Gasteiger partial charge in [-0.2, -0.15) is 10.4 Å². The van der Waals surface area contributed by atoms with Crippen LogP contribution in [0.3, 0.4) is 0 Å². The van der Waals surface area contributed by atoms with E-state index in [-0.39, 0.29) is 11.9 Å². The zero-order chi connectivity index (χ0) is 12.6. The Labute approximate surface area is 99.8 Å². The number of rotatable bonds is 1. The van der Waals surface area contributed by atoms with Crippen LogP contribution in [0.25, 0.3) is 0 Å². The Hall–Kier alpha value is -2.03. The molecule has 0 saturated carbocycles. The molecule has 2 heterocycles. The van der Waals surface area contributed by atoms with Crippen LogP contribution in [-0.2, 0) is 11.8 Å². The molecule has 0 bridgehead atoms. The van der Waals surface area contributed by atoms with Gasteiger partial charge in [0.05, 0.1) is 5.69 Å². The predicted octanol–water partition coefficient (Wildman–Crippen LogP) is -0.0751. The summed E-state index contributed by atoms with van der Waals surface area (Å²) in [7, 11) is 1.79. The van der Waals surface area contributed by atoms with E-state index >= 15 is 0 Å². The first-order valence-electron chi connectivity index (χ1n) is 5.54. The van der Waals surface area contributed by atoms with Crippen molar-refractivity contribution < 1.29 is 4.79 Å². The largest absolute Gasteiger partial charge is 0.353 e. The topological polar surface area (TPSA) is 74.0 Å². The molecular formula is C11H15N5O. The number of nitriles is 1. The summed E-state index contributed by atoms with van der Waals surface area (Å²) < 4.78 is 1.67. The number of hydrogen-bond donors (Lipinski definition) is 1. The lowest BCUT2D eigenvalue weighted by Gasteiger charge is -2.34. The Balaban J connectivity index is 2.46. The van der Waals surface area contributed by atoms with Gasteiger partial charge in [-0.15, -0.1) is 0 Å². The highest BCUT2D eigenvalue weighted by Gasteiger charge is 2.30. The lowest BCUT2D eigenvalue weighted by molar-refractivity contribution is -0.122. The van der Waals surface area contributed by atoms with Crippen LogP contribution in [0, 0.1) is 18.3 Å². The molecule has 1 saturated heterocycles. The summed E-state index contributed by atoms with van der Waals surface area (Å²) in [5, 5.41) is 16.2. The first kappa shape index (κ1) is 11.5. The molecule has 0 spiro atoms. The van der Waals surface area contributed by atoms with Crippen molar-refractivity contribution in [3.8, 4) is 6.07 Å². The summed E-state index contributed by atoms with van der Waals surface area (Å²) in [5.41, 5.74) is 1.25. The summed E-state index contributed by atoms with van der Waals surface area (Å²) in [4.78, 5) is 13.6. The molecule has 0 radical (unpaired) electrons. The number of aromatic nitrogens is 2. The number of aryl methyl sites for hydroxylation is 2. The molecule has 0 aromatic carbocycles. The Morgan fingerprint density at radius 3 is 2.94 bits per heavy atom. The maximum absolute atomic E-state index is 11.6. The van der Waals surface area contributed by atoms with Crippen LogP contribution in [0.5, 0.6) is 0 Å². The number of piperazine rings is 1. The van der Waals surface area contributed by atoms with Crippen molar-refractivity contribution >= 4 is 11.7 Å². The minimum atomic E-state index is -0.273. The minimum absolute atomic E-state index is 0.0148. The molecule has 1 unspecified atom stereocenters. The van der Waals surface area contributed by atoms with Crippen molar-refractivity contribution in [1.29, 1.82) is 5.26 Å². The molecule has 90 valence electrons. The number of hydrogen-bond acceptors (Lipinski definition) is 4. The van der Waals surface area contributed by atoms with Gasteiger partial charge in [-0.3, -0.25) is 9.48 Å². The molecule has 1 amide bonds. The van der Waals surface area contributed by atoms with Crippen molar-refractivity contribution in [2.45, 2.75) is 19.9 Å². The number of amides is 1. The van der Waals surface area contributed by atoms with Gasteiger partial charge in [-0.25, -0.2) is 0 Å². The molecule has 6 nitrogen and oxygen atoms in total. The molecule has 17 heavy (non-hydrogen) atoms. The molecule has 1 atom stereocenters. The van der Waals surface area contributed by atoms with Crippen molar-refractivity contribution in [3.05, 3.63) is 11.3 Å². The van der Waals surface area contributed by atoms with E-state index in [0.717, 1.165) is 5.82 Å². The SMILES string of the molecule is Cc1nn(C)c(N2CCNC(=O)C2C)c1C#N. The fourth-order valence-electron chi connectivity index (χ4n) is 2.18. The zero-order valence-corrected chi connectivity index (χ0v) is 10.2. The van der Waals surface area contributed by atoms with Gasteiger partial charge in [0, 0.05) is 20.1 Å². The number of nitrogens with one attached hydrogen (secondary N) is 1. The molecule has 2 rings (SSSR count). The van der Waals surface area contributed by atoms with Crippen molar-refractivity contribution in [2.24, 2.45) is 7.05 Å². The number of carbonyl (C=O) groups excluding carboxylic acids is 1. The van der Waals surface area contributed by atoms with E-state index in [4.69, 9.17) is 5.26 Å². The second-order valence-electron chi connectivity index (χ2n) is 4.18. The standard InChI is InChI=1S/C11H15N5O/c1-7-9(6-12)11(15(3)14-7)16-5-4-13-10(17)8(16)2/h8H,4-5H2,1-3H3,(H,13,17). The van der Waals surface area contributed by atoms with Crippen LogP contribution in [0.2, 0.25) is 0 Å². The Kier molecular flexibility index (Phi) is 2.76. The number of nitrogens with zero attached hydrogens (tertiary/aromatic N) is 4. The maximum Gasteiger partial charge on any atom is 0.242 e. The summed E-state index contributed by atoms with van der Waals surface area (Å²) in [6.45, 7) is 4.92. The summed E-state index contributed by atoms with van der Waals surface area (Å²) in [6.07, 6.45) is 0. The highest BCUT2D eigenvalue weighted by molar-refractivity contribution is 5.86. The normalized spacial score (nSPS) is 20.0. The highest BCUT2D eigenvalue weighted by atomic mass is 16.2. The van der Waals surface area contributed by atoms with E-state index in [1.54, 1.807) is 18.7 Å². The van der Waals surface area contributed by atoms with Gasteiger partial charge >= 0.3 is 0 Å². The van der Waals surface area contributed by atoms with Gasteiger partial charge in [0.2, 0.25) is 5.91 Å². The van der Waals surface area contributed by atoms with E-state index in [9.17, 15) is 4.79 Å². The monoisotopic (exact) mass is 233 g/mol. The van der Waals surface area contributed by atoms with E-state index in [1.807, 2.05) is 11.8 Å². The molecular weight excluding hydrogens is 218 g/mol. The van der Waals surface area contributed by atoms with E-state index in [0.29, 0.717) is 24.3 Å². The quantitative estimate of drug-likeness (QED) is 0.736. The van der Waals surface area contributed by atoms with E-state index < -0.39 is 0 Å². The van der Waals surface area contributed by atoms with Gasteiger partial charge in [0.15, 0.2) is 0 Å².